The molecule has 0 bridgehead atoms. The summed E-state index contributed by atoms with van der Waals surface area (Å²) in [5.74, 6) is -1.56. The third-order valence-corrected chi connectivity index (χ3v) is 3.32. The maximum atomic E-state index is 11.8. The fourth-order valence-corrected chi connectivity index (χ4v) is 1.95. The highest BCUT2D eigenvalue weighted by atomic mass is 35.5. The number of hydrogen-bond donors (Lipinski definition) is 1. The van der Waals surface area contributed by atoms with E-state index in [2.05, 4.69) is 0 Å². The first-order valence-corrected chi connectivity index (χ1v) is 6.52. The summed E-state index contributed by atoms with van der Waals surface area (Å²) >= 11 is 11.7. The molecule has 0 heterocycles. The van der Waals surface area contributed by atoms with Crippen LogP contribution in [0.15, 0.2) is 18.2 Å². The van der Waals surface area contributed by atoms with Gasteiger partial charge in [0.1, 0.15) is 6.42 Å². The molecule has 1 aromatic carbocycles. The Morgan fingerprint density at radius 2 is 1.89 bits per heavy atom. The van der Waals surface area contributed by atoms with Crippen LogP contribution in [0.3, 0.4) is 0 Å². The molecule has 104 valence electrons. The number of aliphatic carboxylic acids is 1. The molecule has 1 amide bonds. The molecular formula is C13H15Cl2NO3. The minimum atomic E-state index is -1.13. The van der Waals surface area contributed by atoms with E-state index in [-0.39, 0.29) is 6.04 Å². The molecule has 0 fully saturated rings. The Labute approximate surface area is 121 Å². The lowest BCUT2D eigenvalue weighted by atomic mass is 10.1. The molecule has 0 aliphatic carbocycles. The molecule has 0 saturated carbocycles. The number of carbonyl (C=O) groups excluding carboxylic acids is 1. The fourth-order valence-electron chi connectivity index (χ4n) is 1.62. The van der Waals surface area contributed by atoms with E-state index in [0.29, 0.717) is 16.6 Å². The molecular weight excluding hydrogens is 289 g/mol. The van der Waals surface area contributed by atoms with Crippen molar-refractivity contribution in [3.63, 3.8) is 0 Å². The minimum Gasteiger partial charge on any atom is -0.481 e. The molecule has 0 unspecified atom stereocenters. The zero-order valence-corrected chi connectivity index (χ0v) is 12.2. The zero-order valence-electron chi connectivity index (χ0n) is 10.7. The summed E-state index contributed by atoms with van der Waals surface area (Å²) in [6, 6.07) is 4.99. The predicted octanol–water partition coefficient (Wildman–Crippen LogP) is 3.21. The van der Waals surface area contributed by atoms with Gasteiger partial charge in [0.05, 0.1) is 10.0 Å². The van der Waals surface area contributed by atoms with Crippen LogP contribution >= 0.6 is 23.2 Å². The Hall–Kier alpha value is -1.26. The number of benzene rings is 1. The van der Waals surface area contributed by atoms with Gasteiger partial charge in [0, 0.05) is 12.6 Å². The van der Waals surface area contributed by atoms with Crippen molar-refractivity contribution in [2.45, 2.75) is 32.9 Å². The van der Waals surface area contributed by atoms with Gasteiger partial charge in [-0.1, -0.05) is 29.3 Å². The molecule has 0 aliphatic heterocycles. The van der Waals surface area contributed by atoms with Crippen LogP contribution in [0.4, 0.5) is 0 Å². The highest BCUT2D eigenvalue weighted by molar-refractivity contribution is 6.42. The molecule has 0 spiro atoms. The minimum absolute atomic E-state index is 0.0960. The van der Waals surface area contributed by atoms with E-state index in [0.717, 1.165) is 5.56 Å². The predicted molar refractivity (Wildman–Crippen MR) is 74.4 cm³/mol. The average molecular weight is 304 g/mol. The fraction of sp³-hybridized carbons (Fsp3) is 0.385. The molecule has 6 heteroatoms. The molecule has 0 aromatic heterocycles. The largest absolute Gasteiger partial charge is 0.481 e. The Morgan fingerprint density at radius 3 is 2.37 bits per heavy atom. The van der Waals surface area contributed by atoms with Gasteiger partial charge < -0.3 is 10.0 Å². The zero-order chi connectivity index (χ0) is 14.6. The number of rotatable bonds is 5. The summed E-state index contributed by atoms with van der Waals surface area (Å²) in [6.45, 7) is 3.97. The van der Waals surface area contributed by atoms with E-state index in [1.165, 1.54) is 4.90 Å². The van der Waals surface area contributed by atoms with Crippen LogP contribution in [-0.2, 0) is 16.1 Å². The van der Waals surface area contributed by atoms with Crippen LogP contribution in [-0.4, -0.2) is 27.9 Å². The van der Waals surface area contributed by atoms with Gasteiger partial charge in [0.15, 0.2) is 0 Å². The van der Waals surface area contributed by atoms with E-state index in [1.54, 1.807) is 18.2 Å². The molecule has 1 rings (SSSR count). The van der Waals surface area contributed by atoms with Crippen molar-refractivity contribution >= 4 is 35.1 Å². The van der Waals surface area contributed by atoms with Gasteiger partial charge in [-0.15, -0.1) is 0 Å². The summed E-state index contributed by atoms with van der Waals surface area (Å²) in [6.07, 6.45) is -0.514. The first-order valence-electron chi connectivity index (χ1n) is 5.76. The first-order chi connectivity index (χ1) is 8.81. The Kier molecular flexibility index (Phi) is 5.63. The summed E-state index contributed by atoms with van der Waals surface area (Å²) in [7, 11) is 0. The lowest BCUT2D eigenvalue weighted by Crippen LogP contribution is -2.37. The second kappa shape index (κ2) is 6.78. The molecule has 1 aromatic rings. The molecule has 4 nitrogen and oxygen atoms in total. The quantitative estimate of drug-likeness (QED) is 0.850. The molecule has 19 heavy (non-hydrogen) atoms. The molecule has 0 radical (unpaired) electrons. The van der Waals surface area contributed by atoms with Crippen LogP contribution in [0.25, 0.3) is 0 Å². The van der Waals surface area contributed by atoms with Crippen LogP contribution in [0.5, 0.6) is 0 Å². The number of amides is 1. The monoisotopic (exact) mass is 303 g/mol. The van der Waals surface area contributed by atoms with Crippen molar-refractivity contribution in [3.05, 3.63) is 33.8 Å². The van der Waals surface area contributed by atoms with Crippen LogP contribution in [0, 0.1) is 0 Å². The third kappa shape index (κ3) is 4.73. The SMILES string of the molecule is CC(C)N(Cc1ccc(Cl)c(Cl)c1)C(=O)CC(=O)O. The lowest BCUT2D eigenvalue weighted by molar-refractivity contribution is -0.145. The topological polar surface area (TPSA) is 57.6 Å². The second-order valence-electron chi connectivity index (χ2n) is 4.43. The maximum absolute atomic E-state index is 11.8. The number of carboxylic acid groups (broad SMARTS) is 1. The standard InChI is InChI=1S/C13H15Cl2NO3/c1-8(2)16(12(17)6-13(18)19)7-9-3-4-10(14)11(15)5-9/h3-5,8H,6-7H2,1-2H3,(H,18,19). The maximum Gasteiger partial charge on any atom is 0.312 e. The van der Waals surface area contributed by atoms with Crippen molar-refractivity contribution in [2.24, 2.45) is 0 Å². The number of hydrogen-bond acceptors (Lipinski definition) is 2. The number of carboxylic acids is 1. The lowest BCUT2D eigenvalue weighted by Gasteiger charge is -2.26. The van der Waals surface area contributed by atoms with E-state index in [4.69, 9.17) is 28.3 Å². The molecule has 0 aliphatic rings. The number of nitrogens with zero attached hydrogens (tertiary/aromatic N) is 1. The van der Waals surface area contributed by atoms with Crippen molar-refractivity contribution in [1.29, 1.82) is 0 Å². The van der Waals surface area contributed by atoms with Gasteiger partial charge in [0.2, 0.25) is 5.91 Å². The van der Waals surface area contributed by atoms with Crippen LogP contribution in [0.2, 0.25) is 10.0 Å². The Morgan fingerprint density at radius 1 is 1.26 bits per heavy atom. The summed E-state index contributed by atoms with van der Waals surface area (Å²) in [5.41, 5.74) is 0.807. The van der Waals surface area contributed by atoms with Crippen molar-refractivity contribution in [3.8, 4) is 0 Å². The first kappa shape index (κ1) is 15.8. The third-order valence-electron chi connectivity index (χ3n) is 2.58. The Bertz CT molecular complexity index is 489. The summed E-state index contributed by atoms with van der Waals surface area (Å²) < 4.78 is 0. The van der Waals surface area contributed by atoms with E-state index in [1.807, 2.05) is 13.8 Å². The van der Waals surface area contributed by atoms with Crippen LogP contribution in [0.1, 0.15) is 25.8 Å². The Balaban J connectivity index is 2.86. The van der Waals surface area contributed by atoms with Gasteiger partial charge in [-0.2, -0.15) is 0 Å². The molecule has 0 atom stereocenters. The van der Waals surface area contributed by atoms with E-state index >= 15 is 0 Å². The summed E-state index contributed by atoms with van der Waals surface area (Å²) in [4.78, 5) is 23.9. The van der Waals surface area contributed by atoms with Gasteiger partial charge in [-0.3, -0.25) is 9.59 Å². The normalized spacial score (nSPS) is 10.6. The van der Waals surface area contributed by atoms with Gasteiger partial charge in [-0.25, -0.2) is 0 Å². The van der Waals surface area contributed by atoms with Crippen LogP contribution < -0.4 is 0 Å². The second-order valence-corrected chi connectivity index (χ2v) is 5.25. The molecule has 1 N–H and O–H groups in total. The van der Waals surface area contributed by atoms with Crippen molar-refractivity contribution < 1.29 is 14.7 Å². The highest BCUT2D eigenvalue weighted by Crippen LogP contribution is 2.23. The smallest absolute Gasteiger partial charge is 0.312 e. The van der Waals surface area contributed by atoms with Gasteiger partial charge >= 0.3 is 5.97 Å². The summed E-state index contributed by atoms with van der Waals surface area (Å²) in [5, 5.41) is 9.53. The van der Waals surface area contributed by atoms with Crippen molar-refractivity contribution in [2.75, 3.05) is 0 Å². The number of carbonyl (C=O) groups is 2. The average Bonchev–Trinajstić information content (AvgIpc) is 2.29. The van der Waals surface area contributed by atoms with E-state index < -0.39 is 18.3 Å². The van der Waals surface area contributed by atoms with Gasteiger partial charge in [0.25, 0.3) is 0 Å². The van der Waals surface area contributed by atoms with Gasteiger partial charge in [-0.05, 0) is 31.5 Å². The van der Waals surface area contributed by atoms with Crippen molar-refractivity contribution in [1.82, 2.24) is 4.90 Å². The number of halogens is 2. The van der Waals surface area contributed by atoms with E-state index in [9.17, 15) is 9.59 Å². The highest BCUT2D eigenvalue weighted by Gasteiger charge is 2.20. The molecule has 0 saturated heterocycles.